The van der Waals surface area contributed by atoms with Crippen molar-refractivity contribution >= 4 is 29.6 Å². The van der Waals surface area contributed by atoms with Crippen LogP contribution in [0.25, 0.3) is 17.6 Å². The molecule has 0 unspecified atom stereocenters. The summed E-state index contributed by atoms with van der Waals surface area (Å²) in [6, 6.07) is 8.08. The van der Waals surface area contributed by atoms with Gasteiger partial charge in [-0.2, -0.15) is 26.3 Å². The first-order valence-electron chi connectivity index (χ1n) is 8.95. The van der Waals surface area contributed by atoms with Crippen LogP contribution >= 0.6 is 11.3 Å². The second-order valence-electron chi connectivity index (χ2n) is 6.64. The molecule has 0 radical (unpaired) electrons. The Morgan fingerprint density at radius 2 is 1.67 bits per heavy atom. The minimum Gasteiger partial charge on any atom is -0.493 e. The van der Waals surface area contributed by atoms with Crippen LogP contribution in [0.3, 0.4) is 0 Å². The number of aromatic nitrogens is 1. The monoisotopic (exact) mass is 484 g/mol. The Hall–Kier alpha value is -3.74. The Bertz CT molecular complexity index is 1440. The SMILES string of the molecule is O=c1sc(C=c2ccc(=C3N=CN=N3)cc2)c(O)n1-c1cccc(C(F)(F)F)c1C(F)(F)F. The number of rotatable bonds is 2. The van der Waals surface area contributed by atoms with Gasteiger partial charge in [-0.15, -0.1) is 10.2 Å². The zero-order valence-electron chi connectivity index (χ0n) is 16.0. The van der Waals surface area contributed by atoms with Gasteiger partial charge < -0.3 is 5.11 Å². The third kappa shape index (κ3) is 4.31. The van der Waals surface area contributed by atoms with Crippen LogP contribution in [-0.4, -0.2) is 16.0 Å². The first-order chi connectivity index (χ1) is 15.5. The Morgan fingerprint density at radius 3 is 2.24 bits per heavy atom. The van der Waals surface area contributed by atoms with Crippen molar-refractivity contribution in [2.75, 3.05) is 0 Å². The number of hydrogen-bond donors (Lipinski definition) is 1. The standard InChI is InChI=1S/C20H10F6N4O2S/c21-19(22,23)12-2-1-3-13(15(12)20(24,25)26)30-17(31)14(33-18(30)32)8-10-4-6-11(7-5-10)16-27-9-28-29-16/h1-9,31H. The van der Waals surface area contributed by atoms with E-state index >= 15 is 0 Å². The summed E-state index contributed by atoms with van der Waals surface area (Å²) in [5.41, 5.74) is -5.14. The molecule has 1 N–H and O–H groups in total. The van der Waals surface area contributed by atoms with Gasteiger partial charge in [-0.25, -0.2) is 9.56 Å². The molecule has 1 aromatic heterocycles. The average Bonchev–Trinajstić information content (AvgIpc) is 3.35. The van der Waals surface area contributed by atoms with E-state index in [1.54, 1.807) is 24.3 Å². The number of aliphatic imine (C=N–C) groups is 1. The molecule has 4 rings (SSSR count). The zero-order valence-corrected chi connectivity index (χ0v) is 16.8. The molecule has 1 aliphatic rings. The highest BCUT2D eigenvalue weighted by atomic mass is 32.1. The molecule has 2 heterocycles. The lowest BCUT2D eigenvalue weighted by Gasteiger charge is -2.19. The Labute approximate surface area is 183 Å². The second-order valence-corrected chi connectivity index (χ2v) is 7.63. The number of alkyl halides is 6. The lowest BCUT2D eigenvalue weighted by Crippen LogP contribution is -2.22. The normalized spacial score (nSPS) is 13.7. The molecule has 0 saturated heterocycles. The highest BCUT2D eigenvalue weighted by Crippen LogP contribution is 2.44. The van der Waals surface area contributed by atoms with Crippen molar-refractivity contribution in [3.05, 3.63) is 78.6 Å². The van der Waals surface area contributed by atoms with Crippen molar-refractivity contribution in [1.82, 2.24) is 4.57 Å². The molecule has 0 amide bonds. The van der Waals surface area contributed by atoms with E-state index in [0.29, 0.717) is 33.7 Å². The van der Waals surface area contributed by atoms with Crippen molar-refractivity contribution in [2.24, 2.45) is 15.2 Å². The van der Waals surface area contributed by atoms with Crippen molar-refractivity contribution in [3.8, 4) is 11.6 Å². The molecule has 3 aromatic rings. The van der Waals surface area contributed by atoms with Gasteiger partial charge in [-0.1, -0.05) is 41.7 Å². The van der Waals surface area contributed by atoms with Gasteiger partial charge in [-0.05, 0) is 23.4 Å². The van der Waals surface area contributed by atoms with Crippen LogP contribution in [0.4, 0.5) is 26.3 Å². The number of aromatic hydroxyl groups is 1. The van der Waals surface area contributed by atoms with E-state index in [-0.39, 0.29) is 15.5 Å². The van der Waals surface area contributed by atoms with Crippen LogP contribution in [-0.2, 0) is 12.4 Å². The Kier molecular flexibility index (Phi) is 5.44. The zero-order chi connectivity index (χ0) is 24.0. The lowest BCUT2D eigenvalue weighted by molar-refractivity contribution is -0.162. The molecule has 2 aromatic carbocycles. The fraction of sp³-hybridized carbons (Fsp3) is 0.100. The largest absolute Gasteiger partial charge is 0.493 e. The summed E-state index contributed by atoms with van der Waals surface area (Å²) in [6.07, 6.45) is -8.19. The maximum atomic E-state index is 13.6. The number of thiazole rings is 1. The highest BCUT2D eigenvalue weighted by molar-refractivity contribution is 7.10. The third-order valence-corrected chi connectivity index (χ3v) is 5.41. The average molecular weight is 484 g/mol. The maximum Gasteiger partial charge on any atom is 0.419 e. The van der Waals surface area contributed by atoms with Gasteiger partial charge in [0.25, 0.3) is 0 Å². The van der Waals surface area contributed by atoms with Crippen LogP contribution in [0.5, 0.6) is 5.88 Å². The van der Waals surface area contributed by atoms with Gasteiger partial charge in [0.15, 0.2) is 5.82 Å². The lowest BCUT2D eigenvalue weighted by atomic mass is 10.0. The molecule has 0 spiro atoms. The molecule has 13 heteroatoms. The summed E-state index contributed by atoms with van der Waals surface area (Å²) < 4.78 is 80.7. The fourth-order valence-corrected chi connectivity index (χ4v) is 3.99. The van der Waals surface area contributed by atoms with Crippen molar-refractivity contribution in [3.63, 3.8) is 0 Å². The van der Waals surface area contributed by atoms with Gasteiger partial charge in [0.05, 0.1) is 21.7 Å². The molecular weight excluding hydrogens is 474 g/mol. The van der Waals surface area contributed by atoms with Gasteiger partial charge in [-0.3, -0.25) is 4.79 Å². The van der Waals surface area contributed by atoms with E-state index in [1.807, 2.05) is 0 Å². The summed E-state index contributed by atoms with van der Waals surface area (Å²) in [5, 5.41) is 19.0. The van der Waals surface area contributed by atoms with Gasteiger partial charge in [0, 0.05) is 5.22 Å². The summed E-state index contributed by atoms with van der Waals surface area (Å²) in [6.45, 7) is 0. The molecule has 0 fully saturated rings. The smallest absolute Gasteiger partial charge is 0.419 e. The molecule has 0 aliphatic carbocycles. The Balaban J connectivity index is 1.87. The number of halogens is 6. The van der Waals surface area contributed by atoms with Crippen molar-refractivity contribution < 1.29 is 31.4 Å². The molecule has 170 valence electrons. The van der Waals surface area contributed by atoms with E-state index in [4.69, 9.17) is 0 Å². The molecule has 6 nitrogen and oxygen atoms in total. The third-order valence-electron chi connectivity index (χ3n) is 4.54. The number of nitrogens with zero attached hydrogens (tertiary/aromatic N) is 4. The number of hydrogen-bond acceptors (Lipinski definition) is 6. The van der Waals surface area contributed by atoms with E-state index in [2.05, 4.69) is 15.2 Å². The molecule has 0 atom stereocenters. The molecule has 0 bridgehead atoms. The summed E-state index contributed by atoms with van der Waals surface area (Å²) in [4.78, 5) is 15.1. The summed E-state index contributed by atoms with van der Waals surface area (Å²) in [7, 11) is 0. The van der Waals surface area contributed by atoms with Crippen LogP contribution in [0.1, 0.15) is 16.0 Å². The molecule has 0 saturated carbocycles. The van der Waals surface area contributed by atoms with E-state index in [0.717, 1.165) is 6.07 Å². The number of benzene rings is 2. The molecular formula is C20H10F6N4O2S. The fourth-order valence-electron chi connectivity index (χ4n) is 3.15. The van der Waals surface area contributed by atoms with Gasteiger partial charge in [0.1, 0.15) is 6.34 Å². The predicted molar refractivity (Wildman–Crippen MR) is 108 cm³/mol. The summed E-state index contributed by atoms with van der Waals surface area (Å²) >= 11 is 0.384. The van der Waals surface area contributed by atoms with Crippen LogP contribution in [0.15, 0.2) is 62.5 Å². The minimum atomic E-state index is -5.44. The Morgan fingerprint density at radius 1 is 0.970 bits per heavy atom. The van der Waals surface area contributed by atoms with Crippen LogP contribution in [0, 0.1) is 0 Å². The first kappa shape index (κ1) is 22.5. The highest BCUT2D eigenvalue weighted by Gasteiger charge is 2.45. The van der Waals surface area contributed by atoms with E-state index < -0.39 is 39.9 Å². The van der Waals surface area contributed by atoms with E-state index in [9.17, 15) is 36.2 Å². The van der Waals surface area contributed by atoms with E-state index in [1.165, 1.54) is 12.4 Å². The summed E-state index contributed by atoms with van der Waals surface area (Å²) in [5.74, 6) is -0.549. The first-order valence-corrected chi connectivity index (χ1v) is 9.76. The molecule has 33 heavy (non-hydrogen) atoms. The minimum absolute atomic E-state index is 0.135. The second kappa shape index (κ2) is 7.99. The molecule has 1 aliphatic heterocycles. The van der Waals surface area contributed by atoms with Crippen molar-refractivity contribution in [1.29, 1.82) is 0 Å². The van der Waals surface area contributed by atoms with Crippen molar-refractivity contribution in [2.45, 2.75) is 12.4 Å². The van der Waals surface area contributed by atoms with Crippen LogP contribution < -0.4 is 15.3 Å². The van der Waals surface area contributed by atoms with Gasteiger partial charge in [0.2, 0.25) is 5.88 Å². The topological polar surface area (TPSA) is 79.3 Å². The predicted octanol–water partition coefficient (Wildman–Crippen LogP) is 4.03. The maximum absolute atomic E-state index is 13.6. The van der Waals surface area contributed by atoms with Gasteiger partial charge >= 0.3 is 17.2 Å². The quantitative estimate of drug-likeness (QED) is 0.558. The van der Waals surface area contributed by atoms with Crippen LogP contribution in [0.2, 0.25) is 0 Å². The number of azo groups is 1.